The number of ketones is 1. The topological polar surface area (TPSA) is 65.2 Å². The number of rotatable bonds is 4. The zero-order chi connectivity index (χ0) is 13.9. The van der Waals surface area contributed by atoms with Gasteiger partial charge in [-0.3, -0.25) is 4.79 Å². The second-order valence-electron chi connectivity index (χ2n) is 4.99. The zero-order valence-electron chi connectivity index (χ0n) is 11.3. The van der Waals surface area contributed by atoms with Gasteiger partial charge in [-0.05, 0) is 30.5 Å². The van der Waals surface area contributed by atoms with Crippen LogP contribution in [-0.2, 0) is 11.2 Å². The molecule has 0 radical (unpaired) electrons. The predicted octanol–water partition coefficient (Wildman–Crippen LogP) is 2.51. The average Bonchev–Trinajstić information content (AvgIpc) is 3.08. The molecule has 1 heterocycles. The lowest BCUT2D eigenvalue weighted by Gasteiger charge is -2.01. The Kier molecular flexibility index (Phi) is 3.50. The highest BCUT2D eigenvalue weighted by Gasteiger charge is 2.30. The molecule has 104 valence electrons. The van der Waals surface area contributed by atoms with Gasteiger partial charge in [-0.15, -0.1) is 0 Å². The molecule has 1 aromatic heterocycles. The summed E-state index contributed by atoms with van der Waals surface area (Å²) in [5, 5.41) is 3.97. The lowest BCUT2D eigenvalue weighted by Crippen LogP contribution is -2.04. The van der Waals surface area contributed by atoms with Gasteiger partial charge in [0.05, 0.1) is 13.0 Å². The van der Waals surface area contributed by atoms with E-state index >= 15 is 0 Å². The van der Waals surface area contributed by atoms with Crippen LogP contribution in [0.15, 0.2) is 28.8 Å². The van der Waals surface area contributed by atoms with E-state index in [1.54, 1.807) is 7.11 Å². The molecule has 0 spiro atoms. The van der Waals surface area contributed by atoms with Crippen LogP contribution in [0, 0.1) is 0 Å². The van der Waals surface area contributed by atoms with Gasteiger partial charge >= 0.3 is 0 Å². The minimum atomic E-state index is -0.193. The van der Waals surface area contributed by atoms with E-state index in [2.05, 4.69) is 10.1 Å². The number of methoxy groups -OCH3 is 1. The monoisotopic (exact) mass is 272 g/mol. The molecule has 3 rings (SSSR count). The Hall–Kier alpha value is -2.17. The molecule has 1 aliphatic rings. The third-order valence-electron chi connectivity index (χ3n) is 3.58. The summed E-state index contributed by atoms with van der Waals surface area (Å²) < 4.78 is 10.4. The van der Waals surface area contributed by atoms with Crippen molar-refractivity contribution in [3.05, 3.63) is 41.5 Å². The van der Waals surface area contributed by atoms with Crippen molar-refractivity contribution < 1.29 is 14.1 Å². The van der Waals surface area contributed by atoms with Gasteiger partial charge in [-0.1, -0.05) is 17.3 Å². The van der Waals surface area contributed by atoms with Crippen LogP contribution in [0.25, 0.3) is 0 Å². The minimum Gasteiger partial charge on any atom is -0.497 e. The Labute approximate surface area is 116 Å². The maximum absolute atomic E-state index is 11.7. The molecule has 1 atom stereocenters. The molecule has 0 bridgehead atoms. The Morgan fingerprint density at radius 3 is 3.10 bits per heavy atom. The van der Waals surface area contributed by atoms with Gasteiger partial charge < -0.3 is 9.26 Å². The first-order valence-corrected chi connectivity index (χ1v) is 6.74. The normalized spacial score (nSPS) is 18.4. The second-order valence-corrected chi connectivity index (χ2v) is 4.99. The smallest absolute Gasteiger partial charge is 0.237 e. The Morgan fingerprint density at radius 1 is 1.45 bits per heavy atom. The van der Waals surface area contributed by atoms with Gasteiger partial charge in [0.1, 0.15) is 11.5 Å². The first-order valence-electron chi connectivity index (χ1n) is 6.74. The third kappa shape index (κ3) is 2.57. The van der Waals surface area contributed by atoms with Crippen LogP contribution in [0.5, 0.6) is 5.75 Å². The summed E-state index contributed by atoms with van der Waals surface area (Å²) in [6, 6.07) is 7.74. The number of hydrogen-bond acceptors (Lipinski definition) is 5. The number of benzene rings is 1. The van der Waals surface area contributed by atoms with E-state index in [-0.39, 0.29) is 11.7 Å². The summed E-state index contributed by atoms with van der Waals surface area (Å²) in [6.07, 6.45) is 2.93. The molecule has 1 aliphatic carbocycles. The molecule has 20 heavy (non-hydrogen) atoms. The van der Waals surface area contributed by atoms with Crippen LogP contribution in [-0.4, -0.2) is 23.0 Å². The number of Topliss-reactive ketones (excluding diaryl/α,β-unsaturated/α-hetero) is 1. The van der Waals surface area contributed by atoms with Crippen molar-refractivity contribution in [1.29, 1.82) is 0 Å². The number of hydrogen-bond donors (Lipinski definition) is 0. The second kappa shape index (κ2) is 5.45. The van der Waals surface area contributed by atoms with Crippen molar-refractivity contribution in [3.8, 4) is 5.75 Å². The first-order chi connectivity index (χ1) is 9.76. The van der Waals surface area contributed by atoms with Crippen LogP contribution in [0.4, 0.5) is 0 Å². The Morgan fingerprint density at radius 2 is 2.35 bits per heavy atom. The lowest BCUT2D eigenvalue weighted by atomic mass is 10.1. The van der Waals surface area contributed by atoms with E-state index < -0.39 is 0 Å². The van der Waals surface area contributed by atoms with Crippen LogP contribution in [0.3, 0.4) is 0 Å². The molecule has 1 aromatic carbocycles. The number of carbonyl (C=O) groups is 1. The molecule has 0 aliphatic heterocycles. The number of nitrogens with zero attached hydrogens (tertiary/aromatic N) is 2. The Balaban J connectivity index is 1.75. The molecule has 1 saturated carbocycles. The molecule has 5 nitrogen and oxygen atoms in total. The maximum Gasteiger partial charge on any atom is 0.237 e. The quantitative estimate of drug-likeness (QED) is 0.855. The highest BCUT2D eigenvalue weighted by Crippen LogP contribution is 2.30. The lowest BCUT2D eigenvalue weighted by molar-refractivity contribution is -0.119. The highest BCUT2D eigenvalue weighted by molar-refractivity contribution is 5.86. The number of carbonyl (C=O) groups excluding carboxylic acids is 1. The van der Waals surface area contributed by atoms with Gasteiger partial charge in [0, 0.05) is 12.8 Å². The van der Waals surface area contributed by atoms with Gasteiger partial charge in [-0.25, -0.2) is 0 Å². The van der Waals surface area contributed by atoms with Crippen molar-refractivity contribution in [2.75, 3.05) is 7.11 Å². The molecular formula is C15H16N2O3. The van der Waals surface area contributed by atoms with E-state index in [9.17, 15) is 4.79 Å². The summed E-state index contributed by atoms with van der Waals surface area (Å²) in [5.41, 5.74) is 1.05. The summed E-state index contributed by atoms with van der Waals surface area (Å²) >= 11 is 0. The van der Waals surface area contributed by atoms with E-state index in [1.807, 2.05) is 24.3 Å². The fourth-order valence-corrected chi connectivity index (χ4v) is 2.52. The minimum absolute atomic E-state index is 0.193. The molecule has 1 unspecified atom stereocenters. The summed E-state index contributed by atoms with van der Waals surface area (Å²) in [4.78, 5) is 16.0. The summed E-state index contributed by atoms with van der Waals surface area (Å²) in [6.45, 7) is 0. The van der Waals surface area contributed by atoms with Crippen molar-refractivity contribution >= 4 is 5.78 Å². The molecule has 1 fully saturated rings. The molecular weight excluding hydrogens is 256 g/mol. The predicted molar refractivity (Wildman–Crippen MR) is 71.7 cm³/mol. The average molecular weight is 272 g/mol. The van der Waals surface area contributed by atoms with Gasteiger partial charge in [0.2, 0.25) is 5.89 Å². The fraction of sp³-hybridized carbons (Fsp3) is 0.400. The Bertz CT molecular complexity index is 621. The molecule has 2 aromatic rings. The molecule has 0 N–H and O–H groups in total. The SMILES string of the molecule is COc1cccc(Cc2noc(C3CCCC3=O)n2)c1. The van der Waals surface area contributed by atoms with Crippen LogP contribution in [0.2, 0.25) is 0 Å². The van der Waals surface area contributed by atoms with Crippen LogP contribution >= 0.6 is 0 Å². The molecule has 5 heteroatoms. The summed E-state index contributed by atoms with van der Waals surface area (Å²) in [5.74, 6) is 1.89. The van der Waals surface area contributed by atoms with Crippen LogP contribution < -0.4 is 4.74 Å². The van der Waals surface area contributed by atoms with E-state index in [4.69, 9.17) is 9.26 Å². The largest absolute Gasteiger partial charge is 0.497 e. The zero-order valence-corrected chi connectivity index (χ0v) is 11.3. The van der Waals surface area contributed by atoms with E-state index in [0.717, 1.165) is 24.2 Å². The van der Waals surface area contributed by atoms with Gasteiger partial charge in [-0.2, -0.15) is 4.98 Å². The number of ether oxygens (including phenoxy) is 1. The molecule has 0 saturated heterocycles. The van der Waals surface area contributed by atoms with Crippen molar-refractivity contribution in [2.24, 2.45) is 0 Å². The van der Waals surface area contributed by atoms with Crippen molar-refractivity contribution in [3.63, 3.8) is 0 Å². The third-order valence-corrected chi connectivity index (χ3v) is 3.58. The van der Waals surface area contributed by atoms with Crippen molar-refractivity contribution in [1.82, 2.24) is 10.1 Å². The van der Waals surface area contributed by atoms with E-state index in [0.29, 0.717) is 24.6 Å². The number of aromatic nitrogens is 2. The maximum atomic E-state index is 11.7. The van der Waals surface area contributed by atoms with Crippen molar-refractivity contribution in [2.45, 2.75) is 31.6 Å². The fourth-order valence-electron chi connectivity index (χ4n) is 2.52. The molecule has 0 amide bonds. The van der Waals surface area contributed by atoms with E-state index in [1.165, 1.54) is 0 Å². The van der Waals surface area contributed by atoms with Gasteiger partial charge in [0.15, 0.2) is 5.82 Å². The van der Waals surface area contributed by atoms with Crippen LogP contribution in [0.1, 0.15) is 42.5 Å². The summed E-state index contributed by atoms with van der Waals surface area (Å²) in [7, 11) is 1.64. The van der Waals surface area contributed by atoms with Gasteiger partial charge in [0.25, 0.3) is 0 Å². The highest BCUT2D eigenvalue weighted by atomic mass is 16.5. The standard InChI is InChI=1S/C15H16N2O3/c1-19-11-5-2-4-10(8-11)9-14-16-15(20-17-14)12-6-3-7-13(12)18/h2,4-5,8,12H,3,6-7,9H2,1H3. The first kappa shape index (κ1) is 12.8.